The molecule has 0 atom stereocenters. The lowest BCUT2D eigenvalue weighted by atomic mass is 10.3. The summed E-state index contributed by atoms with van der Waals surface area (Å²) >= 11 is 11.7. The SMILES string of the molecule is C#CCN(CC#CC)CC(=O)Nc1ccc(Cl)c(Cl)c1. The Bertz CT molecular complexity index is 582. The van der Waals surface area contributed by atoms with Crippen molar-refractivity contribution in [1.82, 2.24) is 4.90 Å². The third kappa shape index (κ3) is 5.55. The molecule has 5 heteroatoms. The number of terminal acetylenes is 1. The minimum absolute atomic E-state index is 0.166. The molecule has 0 saturated carbocycles. The van der Waals surface area contributed by atoms with Crippen LogP contribution in [0.15, 0.2) is 18.2 Å². The predicted octanol–water partition coefficient (Wildman–Crippen LogP) is 2.89. The zero-order chi connectivity index (χ0) is 15.0. The van der Waals surface area contributed by atoms with Crippen LogP contribution in [0.3, 0.4) is 0 Å². The Balaban J connectivity index is 2.62. The normalized spacial score (nSPS) is 9.55. The molecule has 0 fully saturated rings. The quantitative estimate of drug-likeness (QED) is 0.848. The van der Waals surface area contributed by atoms with Crippen LogP contribution >= 0.6 is 23.2 Å². The van der Waals surface area contributed by atoms with E-state index < -0.39 is 0 Å². The fraction of sp³-hybridized carbons (Fsp3) is 0.267. The van der Waals surface area contributed by atoms with E-state index in [1.54, 1.807) is 30.0 Å². The van der Waals surface area contributed by atoms with Crippen LogP contribution in [0, 0.1) is 24.2 Å². The molecule has 1 aromatic carbocycles. The highest BCUT2D eigenvalue weighted by molar-refractivity contribution is 6.42. The van der Waals surface area contributed by atoms with Gasteiger partial charge >= 0.3 is 0 Å². The van der Waals surface area contributed by atoms with Crippen LogP contribution in [0.25, 0.3) is 0 Å². The van der Waals surface area contributed by atoms with E-state index >= 15 is 0 Å². The standard InChI is InChI=1S/C15H14Cl2N2O/c1-3-5-9-19(8-4-2)11-15(20)18-12-6-7-13(16)14(17)10-12/h2,6-7,10H,8-9,11H2,1H3,(H,18,20). The Morgan fingerprint density at radius 1 is 1.35 bits per heavy atom. The van der Waals surface area contributed by atoms with E-state index in [1.165, 1.54) is 0 Å². The van der Waals surface area contributed by atoms with E-state index in [4.69, 9.17) is 29.6 Å². The third-order valence-corrected chi connectivity index (χ3v) is 3.10. The van der Waals surface area contributed by atoms with Crippen LogP contribution < -0.4 is 5.32 Å². The lowest BCUT2D eigenvalue weighted by Crippen LogP contribution is -2.33. The van der Waals surface area contributed by atoms with Gasteiger partial charge in [0.05, 0.1) is 29.7 Å². The summed E-state index contributed by atoms with van der Waals surface area (Å²) in [6.45, 7) is 2.72. The summed E-state index contributed by atoms with van der Waals surface area (Å²) in [5, 5.41) is 3.57. The van der Waals surface area contributed by atoms with E-state index in [9.17, 15) is 4.79 Å². The van der Waals surface area contributed by atoms with Crippen molar-refractivity contribution in [3.05, 3.63) is 28.2 Å². The van der Waals surface area contributed by atoms with Crippen molar-refractivity contribution < 1.29 is 4.79 Å². The minimum Gasteiger partial charge on any atom is -0.325 e. The summed E-state index contributed by atoms with van der Waals surface area (Å²) in [6.07, 6.45) is 5.26. The van der Waals surface area contributed by atoms with Crippen molar-refractivity contribution in [2.24, 2.45) is 0 Å². The molecule has 104 valence electrons. The number of nitrogens with one attached hydrogen (secondary N) is 1. The first-order valence-corrected chi connectivity index (χ1v) is 6.62. The van der Waals surface area contributed by atoms with Crippen molar-refractivity contribution in [2.45, 2.75) is 6.92 Å². The molecule has 0 unspecified atom stereocenters. The number of anilines is 1. The van der Waals surface area contributed by atoms with E-state index in [1.807, 2.05) is 0 Å². The summed E-state index contributed by atoms with van der Waals surface area (Å²) in [4.78, 5) is 13.7. The van der Waals surface area contributed by atoms with Gasteiger partial charge in [0.25, 0.3) is 0 Å². The molecule has 0 saturated heterocycles. The Labute approximate surface area is 129 Å². The molecule has 0 bridgehead atoms. The number of nitrogens with zero attached hydrogens (tertiary/aromatic N) is 1. The maximum Gasteiger partial charge on any atom is 0.238 e. The van der Waals surface area contributed by atoms with Gasteiger partial charge in [-0.15, -0.1) is 12.3 Å². The molecule has 1 amide bonds. The zero-order valence-electron chi connectivity index (χ0n) is 11.0. The van der Waals surface area contributed by atoms with Crippen molar-refractivity contribution >= 4 is 34.8 Å². The first kappa shape index (κ1) is 16.4. The van der Waals surface area contributed by atoms with Crippen molar-refractivity contribution in [2.75, 3.05) is 25.0 Å². The van der Waals surface area contributed by atoms with Gasteiger partial charge in [-0.25, -0.2) is 0 Å². The summed E-state index contributed by atoms with van der Waals surface area (Å²) in [7, 11) is 0. The number of amides is 1. The summed E-state index contributed by atoms with van der Waals surface area (Å²) in [5.74, 6) is 7.97. The molecular weight excluding hydrogens is 295 g/mol. The number of carbonyl (C=O) groups excluding carboxylic acids is 1. The molecule has 0 radical (unpaired) electrons. The topological polar surface area (TPSA) is 32.3 Å². The third-order valence-electron chi connectivity index (χ3n) is 2.36. The van der Waals surface area contributed by atoms with Gasteiger partial charge in [0.2, 0.25) is 5.91 Å². The molecular formula is C15H14Cl2N2O. The van der Waals surface area contributed by atoms with E-state index in [0.717, 1.165) is 0 Å². The van der Waals surface area contributed by atoms with Crippen LogP contribution in [0.4, 0.5) is 5.69 Å². The zero-order valence-corrected chi connectivity index (χ0v) is 12.6. The lowest BCUT2D eigenvalue weighted by molar-refractivity contribution is -0.117. The van der Waals surface area contributed by atoms with Gasteiger partial charge in [-0.2, -0.15) is 0 Å². The van der Waals surface area contributed by atoms with Crippen molar-refractivity contribution in [1.29, 1.82) is 0 Å². The van der Waals surface area contributed by atoms with Crippen LogP contribution in [-0.4, -0.2) is 30.4 Å². The highest BCUT2D eigenvalue weighted by Crippen LogP contribution is 2.24. The van der Waals surface area contributed by atoms with Gasteiger partial charge in [-0.1, -0.05) is 35.0 Å². The van der Waals surface area contributed by atoms with E-state index in [-0.39, 0.29) is 12.5 Å². The lowest BCUT2D eigenvalue weighted by Gasteiger charge is -2.16. The number of halogens is 2. The molecule has 20 heavy (non-hydrogen) atoms. The van der Waals surface area contributed by atoms with Gasteiger partial charge in [-0.05, 0) is 25.1 Å². The van der Waals surface area contributed by atoms with Gasteiger partial charge in [-0.3, -0.25) is 9.69 Å². The predicted molar refractivity (Wildman–Crippen MR) is 83.8 cm³/mol. The fourth-order valence-electron chi connectivity index (χ4n) is 1.47. The summed E-state index contributed by atoms with van der Waals surface area (Å²) < 4.78 is 0. The number of rotatable bonds is 5. The molecule has 0 aliphatic heterocycles. The summed E-state index contributed by atoms with van der Waals surface area (Å²) in [5.41, 5.74) is 0.589. The molecule has 0 aliphatic carbocycles. The van der Waals surface area contributed by atoms with Crippen LogP contribution in [0.1, 0.15) is 6.92 Å². The summed E-state index contributed by atoms with van der Waals surface area (Å²) in [6, 6.07) is 4.91. The molecule has 1 rings (SSSR count). The Kier molecular flexibility index (Phi) is 6.98. The van der Waals surface area contributed by atoms with Gasteiger partial charge in [0.1, 0.15) is 0 Å². The van der Waals surface area contributed by atoms with E-state index in [0.29, 0.717) is 28.8 Å². The maximum absolute atomic E-state index is 11.9. The van der Waals surface area contributed by atoms with Gasteiger partial charge in [0.15, 0.2) is 0 Å². The molecule has 1 N–H and O–H groups in total. The number of hydrogen-bond acceptors (Lipinski definition) is 2. The van der Waals surface area contributed by atoms with Crippen molar-refractivity contribution in [3.8, 4) is 24.2 Å². The molecule has 1 aromatic rings. The van der Waals surface area contributed by atoms with Gasteiger partial charge in [0, 0.05) is 5.69 Å². The smallest absolute Gasteiger partial charge is 0.238 e. The van der Waals surface area contributed by atoms with Crippen LogP contribution in [0.2, 0.25) is 10.0 Å². The number of hydrogen-bond donors (Lipinski definition) is 1. The average Bonchev–Trinajstić information content (AvgIpc) is 2.40. The second-order valence-corrected chi connectivity index (χ2v) is 4.77. The molecule has 0 aliphatic rings. The Morgan fingerprint density at radius 2 is 2.10 bits per heavy atom. The highest BCUT2D eigenvalue weighted by atomic mass is 35.5. The molecule has 0 heterocycles. The van der Waals surface area contributed by atoms with Crippen molar-refractivity contribution in [3.63, 3.8) is 0 Å². The fourth-order valence-corrected chi connectivity index (χ4v) is 1.76. The maximum atomic E-state index is 11.9. The largest absolute Gasteiger partial charge is 0.325 e. The molecule has 3 nitrogen and oxygen atoms in total. The minimum atomic E-state index is -0.184. The van der Waals surface area contributed by atoms with Crippen LogP contribution in [0.5, 0.6) is 0 Å². The van der Waals surface area contributed by atoms with Crippen LogP contribution in [-0.2, 0) is 4.79 Å². The second-order valence-electron chi connectivity index (χ2n) is 3.95. The molecule has 0 spiro atoms. The highest BCUT2D eigenvalue weighted by Gasteiger charge is 2.09. The van der Waals surface area contributed by atoms with Gasteiger partial charge < -0.3 is 5.32 Å². The monoisotopic (exact) mass is 308 g/mol. The number of carbonyl (C=O) groups is 1. The second kappa shape index (κ2) is 8.51. The average molecular weight is 309 g/mol. The Hall–Kier alpha value is -1.65. The first-order valence-electron chi connectivity index (χ1n) is 5.87. The Morgan fingerprint density at radius 3 is 2.70 bits per heavy atom. The first-order chi connectivity index (χ1) is 9.56. The van der Waals surface area contributed by atoms with E-state index in [2.05, 4.69) is 23.1 Å². The number of benzene rings is 1. The molecule has 0 aromatic heterocycles.